The molecule has 6 rings (SSSR count). The van der Waals surface area contributed by atoms with E-state index in [4.69, 9.17) is 4.74 Å². The summed E-state index contributed by atoms with van der Waals surface area (Å²) in [5.74, 6) is 4.58. The summed E-state index contributed by atoms with van der Waals surface area (Å²) in [5.41, 5.74) is 1.30. The van der Waals surface area contributed by atoms with Crippen molar-refractivity contribution in [3.8, 4) is 0 Å². The Morgan fingerprint density at radius 2 is 1.96 bits per heavy atom. The van der Waals surface area contributed by atoms with Crippen molar-refractivity contribution in [2.24, 2.45) is 40.9 Å². The maximum atomic E-state index is 11.9. The minimum Gasteiger partial charge on any atom is -0.451 e. The zero-order valence-corrected chi connectivity index (χ0v) is 14.9. The number of allylic oxidation sites excluding steroid dienone is 1. The van der Waals surface area contributed by atoms with Gasteiger partial charge in [-0.25, -0.2) is 4.79 Å². The fourth-order valence-corrected chi connectivity index (χ4v) is 7.93. The van der Waals surface area contributed by atoms with Gasteiger partial charge in [0, 0.05) is 17.9 Å². The topological polar surface area (TPSA) is 43.4 Å². The van der Waals surface area contributed by atoms with E-state index >= 15 is 0 Å². The van der Waals surface area contributed by atoms with Crippen LogP contribution in [0, 0.1) is 40.9 Å². The highest BCUT2D eigenvalue weighted by Gasteiger charge is 2.69. The van der Waals surface area contributed by atoms with E-state index in [2.05, 4.69) is 13.0 Å². The molecule has 3 unspecified atom stereocenters. The standard InChI is InChI=1S/C22H26O3/c1-21-7-4-14-13-3-2-12(23)10-15(13)16-11-17(16)20(14)18(21)5-8-22(21)9-6-19(24)25-22/h6,9-10,13-14,16-18,20H,2-5,7-8,11H2,1H3/t13-,14?,16+,17+,18?,20?,21+,22-/m1/s1. The lowest BCUT2D eigenvalue weighted by molar-refractivity contribution is -0.161. The monoisotopic (exact) mass is 338 g/mol. The molecule has 0 amide bonds. The number of esters is 1. The number of carbonyl (C=O) groups excluding carboxylic acids is 2. The summed E-state index contributed by atoms with van der Waals surface area (Å²) < 4.78 is 5.93. The zero-order valence-electron chi connectivity index (χ0n) is 14.9. The van der Waals surface area contributed by atoms with E-state index in [0.717, 1.165) is 43.4 Å². The fourth-order valence-electron chi connectivity index (χ4n) is 7.93. The van der Waals surface area contributed by atoms with Crippen LogP contribution in [0.1, 0.15) is 51.9 Å². The Kier molecular flexibility index (Phi) is 2.64. The summed E-state index contributed by atoms with van der Waals surface area (Å²) in [6.45, 7) is 2.40. The van der Waals surface area contributed by atoms with E-state index in [1.807, 2.05) is 6.08 Å². The van der Waals surface area contributed by atoms with Crippen molar-refractivity contribution in [3.63, 3.8) is 0 Å². The Balaban J connectivity index is 1.38. The van der Waals surface area contributed by atoms with Crippen molar-refractivity contribution in [1.29, 1.82) is 0 Å². The average molecular weight is 338 g/mol. The van der Waals surface area contributed by atoms with Gasteiger partial charge in [0.05, 0.1) is 0 Å². The fraction of sp³-hybridized carbons (Fsp3) is 0.727. The summed E-state index contributed by atoms with van der Waals surface area (Å²) >= 11 is 0. The number of ether oxygens (including phenoxy) is 1. The van der Waals surface area contributed by atoms with Crippen LogP contribution in [0.2, 0.25) is 0 Å². The van der Waals surface area contributed by atoms with Gasteiger partial charge < -0.3 is 4.74 Å². The van der Waals surface area contributed by atoms with Gasteiger partial charge in [0.15, 0.2) is 5.78 Å². The predicted octanol–water partition coefficient (Wildman–Crippen LogP) is 3.84. The van der Waals surface area contributed by atoms with Crippen LogP contribution >= 0.6 is 0 Å². The summed E-state index contributed by atoms with van der Waals surface area (Å²) in [6.07, 6.45) is 13.5. The van der Waals surface area contributed by atoms with Crippen LogP contribution in [0.25, 0.3) is 0 Å². The van der Waals surface area contributed by atoms with Crippen molar-refractivity contribution in [2.75, 3.05) is 0 Å². The van der Waals surface area contributed by atoms with Gasteiger partial charge in [-0.3, -0.25) is 4.79 Å². The average Bonchev–Trinajstić information content (AvgIpc) is 3.23. The number of rotatable bonds is 0. The molecule has 0 saturated heterocycles. The number of carbonyl (C=O) groups is 2. The van der Waals surface area contributed by atoms with Crippen LogP contribution in [-0.2, 0) is 14.3 Å². The molecule has 6 aliphatic rings. The first kappa shape index (κ1) is 14.8. The van der Waals surface area contributed by atoms with Gasteiger partial charge in [-0.15, -0.1) is 0 Å². The maximum Gasteiger partial charge on any atom is 0.331 e. The zero-order chi connectivity index (χ0) is 17.0. The lowest BCUT2D eigenvalue weighted by Gasteiger charge is -2.55. The molecule has 5 aliphatic carbocycles. The molecular weight excluding hydrogens is 312 g/mol. The van der Waals surface area contributed by atoms with E-state index in [1.165, 1.54) is 24.8 Å². The number of fused-ring (bicyclic) bond motifs is 9. The van der Waals surface area contributed by atoms with Crippen LogP contribution in [0.4, 0.5) is 0 Å². The van der Waals surface area contributed by atoms with Gasteiger partial charge in [0.1, 0.15) is 5.60 Å². The molecule has 4 saturated carbocycles. The lowest BCUT2D eigenvalue weighted by Crippen LogP contribution is -2.53. The van der Waals surface area contributed by atoms with Crippen LogP contribution in [0.3, 0.4) is 0 Å². The van der Waals surface area contributed by atoms with E-state index in [0.29, 0.717) is 23.5 Å². The summed E-state index contributed by atoms with van der Waals surface area (Å²) in [4.78, 5) is 23.8. The number of ketones is 1. The lowest BCUT2D eigenvalue weighted by atomic mass is 9.50. The molecule has 1 aliphatic heterocycles. The molecule has 1 heterocycles. The summed E-state index contributed by atoms with van der Waals surface area (Å²) in [6, 6.07) is 0. The predicted molar refractivity (Wildman–Crippen MR) is 92.4 cm³/mol. The Morgan fingerprint density at radius 3 is 2.76 bits per heavy atom. The highest BCUT2D eigenvalue weighted by molar-refractivity contribution is 5.91. The Bertz CT molecular complexity index is 748. The second-order valence-corrected chi connectivity index (χ2v) is 9.75. The van der Waals surface area contributed by atoms with Gasteiger partial charge in [0.2, 0.25) is 0 Å². The van der Waals surface area contributed by atoms with Crippen molar-refractivity contribution >= 4 is 11.8 Å². The van der Waals surface area contributed by atoms with Crippen LogP contribution < -0.4 is 0 Å². The molecule has 0 aromatic rings. The van der Waals surface area contributed by atoms with E-state index in [1.54, 1.807) is 6.08 Å². The molecule has 0 aromatic carbocycles. The van der Waals surface area contributed by atoms with E-state index in [-0.39, 0.29) is 17.0 Å². The smallest absolute Gasteiger partial charge is 0.331 e. The molecule has 1 spiro atoms. The largest absolute Gasteiger partial charge is 0.451 e. The van der Waals surface area contributed by atoms with Gasteiger partial charge >= 0.3 is 5.97 Å². The van der Waals surface area contributed by atoms with E-state index < -0.39 is 0 Å². The molecule has 4 fully saturated rings. The van der Waals surface area contributed by atoms with Crippen LogP contribution in [0.15, 0.2) is 23.8 Å². The second-order valence-electron chi connectivity index (χ2n) is 9.75. The summed E-state index contributed by atoms with van der Waals surface area (Å²) in [7, 11) is 0. The normalized spacial score (nSPS) is 55.2. The first-order valence-corrected chi connectivity index (χ1v) is 10.2. The van der Waals surface area contributed by atoms with Gasteiger partial charge in [-0.2, -0.15) is 0 Å². The highest BCUT2D eigenvalue weighted by Crippen LogP contribution is 2.72. The molecule has 8 atom stereocenters. The molecule has 25 heavy (non-hydrogen) atoms. The Hall–Kier alpha value is -1.38. The van der Waals surface area contributed by atoms with Crippen molar-refractivity contribution in [1.82, 2.24) is 0 Å². The molecular formula is C22H26O3. The van der Waals surface area contributed by atoms with Gasteiger partial charge in [-0.1, -0.05) is 12.5 Å². The molecule has 132 valence electrons. The molecule has 3 nitrogen and oxygen atoms in total. The minimum absolute atomic E-state index is 0.107. The third-order valence-electron chi connectivity index (χ3n) is 9.08. The molecule has 3 heteroatoms. The SMILES string of the molecule is C[C@]12CCC3C(C1CC[C@@]21C=CC(=O)O1)[C@H]1C[C@H]1C1=CC(=O)CC[C@@H]13. The molecule has 0 aromatic heterocycles. The minimum atomic E-state index is -0.331. The molecule has 0 bridgehead atoms. The van der Waals surface area contributed by atoms with Crippen molar-refractivity contribution < 1.29 is 14.3 Å². The number of hydrogen-bond acceptors (Lipinski definition) is 3. The first-order chi connectivity index (χ1) is 12.0. The molecule has 0 radical (unpaired) electrons. The quantitative estimate of drug-likeness (QED) is 0.630. The van der Waals surface area contributed by atoms with Gasteiger partial charge in [0.25, 0.3) is 0 Å². The highest BCUT2D eigenvalue weighted by atomic mass is 16.6. The third-order valence-corrected chi connectivity index (χ3v) is 9.08. The molecule has 0 N–H and O–H groups in total. The van der Waals surface area contributed by atoms with Crippen molar-refractivity contribution in [2.45, 2.75) is 57.5 Å². The summed E-state index contributed by atoms with van der Waals surface area (Å²) in [5, 5.41) is 0. The van der Waals surface area contributed by atoms with Crippen LogP contribution in [-0.4, -0.2) is 17.4 Å². The Morgan fingerprint density at radius 1 is 1.08 bits per heavy atom. The Labute approximate surface area is 148 Å². The maximum absolute atomic E-state index is 11.9. The number of hydrogen-bond donors (Lipinski definition) is 0. The second kappa shape index (κ2) is 4.47. The first-order valence-electron chi connectivity index (χ1n) is 10.2. The third kappa shape index (κ3) is 1.68. The van der Waals surface area contributed by atoms with Crippen molar-refractivity contribution in [3.05, 3.63) is 23.8 Å². The van der Waals surface area contributed by atoms with E-state index in [9.17, 15) is 9.59 Å². The van der Waals surface area contributed by atoms with Crippen LogP contribution in [0.5, 0.6) is 0 Å². The van der Waals surface area contributed by atoms with Gasteiger partial charge in [-0.05, 0) is 86.2 Å².